The first-order chi connectivity index (χ1) is 5.77. The van der Waals surface area contributed by atoms with Gasteiger partial charge in [-0.2, -0.15) is 0 Å². The smallest absolute Gasteiger partial charge is 0.356 e. The Hall–Kier alpha value is -1.64. The Morgan fingerprint density at radius 2 is 2.42 bits per heavy atom. The molecule has 0 radical (unpaired) electrons. The Morgan fingerprint density at radius 3 is 2.83 bits per heavy atom. The van der Waals surface area contributed by atoms with E-state index in [0.717, 1.165) is 5.56 Å². The zero-order valence-corrected chi connectivity index (χ0v) is 6.78. The minimum Gasteiger partial charge on any atom is -0.464 e. The van der Waals surface area contributed by atoms with E-state index in [4.69, 9.17) is 0 Å². The van der Waals surface area contributed by atoms with Gasteiger partial charge in [-0.25, -0.2) is 9.78 Å². The van der Waals surface area contributed by atoms with Crippen molar-refractivity contribution in [3.8, 4) is 0 Å². The van der Waals surface area contributed by atoms with Gasteiger partial charge in [0.1, 0.15) is 5.69 Å². The number of hydrogen-bond acceptors (Lipinski definition) is 3. The van der Waals surface area contributed by atoms with Crippen molar-refractivity contribution >= 4 is 12.0 Å². The third-order valence-corrected chi connectivity index (χ3v) is 1.42. The van der Waals surface area contributed by atoms with Crippen molar-refractivity contribution in [2.24, 2.45) is 0 Å². The summed E-state index contributed by atoms with van der Waals surface area (Å²) in [7, 11) is 1.32. The van der Waals surface area contributed by atoms with E-state index in [9.17, 15) is 4.79 Å². The van der Waals surface area contributed by atoms with Crippen LogP contribution in [0.15, 0.2) is 24.9 Å². The molecule has 0 unspecified atom stereocenters. The van der Waals surface area contributed by atoms with Gasteiger partial charge in [0.15, 0.2) is 0 Å². The van der Waals surface area contributed by atoms with Crippen LogP contribution < -0.4 is 0 Å². The second kappa shape index (κ2) is 3.67. The first-order valence-corrected chi connectivity index (χ1v) is 3.44. The Labute approximate surface area is 70.7 Å². The third-order valence-electron chi connectivity index (χ3n) is 1.42. The average Bonchev–Trinajstić information content (AvgIpc) is 2.17. The van der Waals surface area contributed by atoms with Crippen LogP contribution in [0.3, 0.4) is 0 Å². The highest BCUT2D eigenvalue weighted by Gasteiger charge is 2.04. The predicted molar refractivity (Wildman–Crippen MR) is 45.7 cm³/mol. The first-order valence-electron chi connectivity index (χ1n) is 3.44. The van der Waals surface area contributed by atoms with Gasteiger partial charge in [0, 0.05) is 6.20 Å². The summed E-state index contributed by atoms with van der Waals surface area (Å²) in [6.45, 7) is 3.57. The summed E-state index contributed by atoms with van der Waals surface area (Å²) >= 11 is 0. The van der Waals surface area contributed by atoms with Gasteiger partial charge in [0.25, 0.3) is 0 Å². The van der Waals surface area contributed by atoms with E-state index in [1.54, 1.807) is 24.4 Å². The number of carbonyl (C=O) groups is 1. The summed E-state index contributed by atoms with van der Waals surface area (Å²) < 4.78 is 4.48. The van der Waals surface area contributed by atoms with Gasteiger partial charge in [-0.1, -0.05) is 18.7 Å². The molecule has 0 saturated carbocycles. The molecule has 0 aliphatic carbocycles. The van der Waals surface area contributed by atoms with Gasteiger partial charge in [-0.3, -0.25) is 0 Å². The Bertz CT molecular complexity index is 290. The predicted octanol–water partition coefficient (Wildman–Crippen LogP) is 1.51. The van der Waals surface area contributed by atoms with Crippen molar-refractivity contribution in [3.05, 3.63) is 36.2 Å². The van der Waals surface area contributed by atoms with E-state index >= 15 is 0 Å². The lowest BCUT2D eigenvalue weighted by molar-refractivity contribution is 0.0594. The summed E-state index contributed by atoms with van der Waals surface area (Å²) in [6, 6.07) is 3.36. The number of methoxy groups -OCH3 is 1. The molecule has 1 rings (SSSR count). The minimum absolute atomic E-state index is 0.308. The molecule has 1 aromatic rings. The van der Waals surface area contributed by atoms with Crippen LogP contribution in [0.25, 0.3) is 6.08 Å². The van der Waals surface area contributed by atoms with E-state index in [1.807, 2.05) is 0 Å². The van der Waals surface area contributed by atoms with Crippen molar-refractivity contribution in [2.45, 2.75) is 0 Å². The molecule has 0 spiro atoms. The number of carbonyl (C=O) groups excluding carboxylic acids is 1. The molecule has 0 atom stereocenters. The SMILES string of the molecule is C=Cc1ccc(C(=O)OC)nc1. The van der Waals surface area contributed by atoms with Crippen molar-refractivity contribution in [2.75, 3.05) is 7.11 Å². The lowest BCUT2D eigenvalue weighted by Crippen LogP contribution is -2.03. The third kappa shape index (κ3) is 1.69. The zero-order chi connectivity index (χ0) is 8.97. The van der Waals surface area contributed by atoms with Crippen LogP contribution in [0.5, 0.6) is 0 Å². The van der Waals surface area contributed by atoms with Gasteiger partial charge in [-0.15, -0.1) is 0 Å². The van der Waals surface area contributed by atoms with Gasteiger partial charge in [-0.05, 0) is 11.6 Å². The number of rotatable bonds is 2. The van der Waals surface area contributed by atoms with E-state index in [1.165, 1.54) is 7.11 Å². The van der Waals surface area contributed by atoms with Crippen LogP contribution in [0.2, 0.25) is 0 Å². The number of ether oxygens (including phenoxy) is 1. The van der Waals surface area contributed by atoms with E-state index in [0.29, 0.717) is 5.69 Å². The summed E-state index contributed by atoms with van der Waals surface area (Å²) in [5.74, 6) is -0.425. The molecule has 0 aliphatic rings. The van der Waals surface area contributed by atoms with Crippen LogP contribution in [-0.2, 0) is 4.74 Å². The van der Waals surface area contributed by atoms with Crippen LogP contribution in [0, 0.1) is 0 Å². The highest BCUT2D eigenvalue weighted by molar-refractivity contribution is 5.87. The number of nitrogens with zero attached hydrogens (tertiary/aromatic N) is 1. The molecule has 0 saturated heterocycles. The lowest BCUT2D eigenvalue weighted by Gasteiger charge is -1.97. The highest BCUT2D eigenvalue weighted by Crippen LogP contribution is 2.02. The van der Waals surface area contributed by atoms with E-state index in [2.05, 4.69) is 16.3 Å². The number of pyridine rings is 1. The maximum absolute atomic E-state index is 10.9. The standard InChI is InChI=1S/C9H9NO2/c1-3-7-4-5-8(10-6-7)9(11)12-2/h3-6H,1H2,2H3. The fraction of sp³-hybridized carbons (Fsp3) is 0.111. The van der Waals surface area contributed by atoms with Gasteiger partial charge < -0.3 is 4.74 Å². The molecule has 1 heterocycles. The van der Waals surface area contributed by atoms with Crippen LogP contribution >= 0.6 is 0 Å². The molecular weight excluding hydrogens is 154 g/mol. The van der Waals surface area contributed by atoms with Crippen molar-refractivity contribution in [1.29, 1.82) is 0 Å². The molecule has 0 bridgehead atoms. The Balaban J connectivity index is 2.91. The molecule has 12 heavy (non-hydrogen) atoms. The lowest BCUT2D eigenvalue weighted by atomic mass is 10.2. The molecule has 3 nitrogen and oxygen atoms in total. The van der Waals surface area contributed by atoms with Crippen molar-refractivity contribution in [1.82, 2.24) is 4.98 Å². The van der Waals surface area contributed by atoms with Crippen molar-refractivity contribution < 1.29 is 9.53 Å². The average molecular weight is 163 g/mol. The quantitative estimate of drug-likeness (QED) is 0.620. The maximum Gasteiger partial charge on any atom is 0.356 e. The summed E-state index contributed by atoms with van der Waals surface area (Å²) in [4.78, 5) is 14.8. The van der Waals surface area contributed by atoms with Gasteiger partial charge in [0.2, 0.25) is 0 Å². The molecule has 0 aliphatic heterocycles. The van der Waals surface area contributed by atoms with Crippen molar-refractivity contribution in [3.63, 3.8) is 0 Å². The molecule has 62 valence electrons. The second-order valence-corrected chi connectivity index (χ2v) is 2.17. The number of esters is 1. The Kier molecular flexibility index (Phi) is 2.58. The summed E-state index contributed by atoms with van der Waals surface area (Å²) in [5, 5.41) is 0. The molecule has 0 N–H and O–H groups in total. The molecule has 0 aromatic carbocycles. The molecule has 1 aromatic heterocycles. The fourth-order valence-corrected chi connectivity index (χ4v) is 0.751. The van der Waals surface area contributed by atoms with Gasteiger partial charge in [0.05, 0.1) is 7.11 Å². The largest absolute Gasteiger partial charge is 0.464 e. The number of hydrogen-bond donors (Lipinski definition) is 0. The number of aromatic nitrogens is 1. The Morgan fingerprint density at radius 1 is 1.67 bits per heavy atom. The van der Waals surface area contributed by atoms with Crippen LogP contribution in [0.1, 0.15) is 16.1 Å². The second-order valence-electron chi connectivity index (χ2n) is 2.17. The highest BCUT2D eigenvalue weighted by atomic mass is 16.5. The summed E-state index contributed by atoms with van der Waals surface area (Å²) in [6.07, 6.45) is 3.23. The molecule has 0 amide bonds. The molecule has 3 heteroatoms. The topological polar surface area (TPSA) is 39.2 Å². The zero-order valence-electron chi connectivity index (χ0n) is 6.78. The van der Waals surface area contributed by atoms with E-state index in [-0.39, 0.29) is 0 Å². The molecule has 0 fully saturated rings. The fourth-order valence-electron chi connectivity index (χ4n) is 0.751. The van der Waals surface area contributed by atoms with Crippen LogP contribution in [-0.4, -0.2) is 18.1 Å². The van der Waals surface area contributed by atoms with Gasteiger partial charge >= 0.3 is 5.97 Å². The minimum atomic E-state index is -0.425. The maximum atomic E-state index is 10.9. The summed E-state index contributed by atoms with van der Waals surface area (Å²) in [5.41, 5.74) is 1.19. The van der Waals surface area contributed by atoms with Crippen LogP contribution in [0.4, 0.5) is 0 Å². The first kappa shape index (κ1) is 8.46. The van der Waals surface area contributed by atoms with E-state index < -0.39 is 5.97 Å². The normalized spacial score (nSPS) is 9.08. The molecular formula is C9H9NO2. The monoisotopic (exact) mass is 163 g/mol.